The first-order valence-electron chi connectivity index (χ1n) is 10.0. The number of nitrogens with one attached hydrogen (secondary N) is 2. The molecule has 1 atom stereocenters. The number of unbranched alkanes of at least 4 members (excludes halogenated alkanes) is 2. The maximum atomic E-state index is 12.9. The maximum absolute atomic E-state index is 12.9. The molecule has 0 aliphatic rings. The summed E-state index contributed by atoms with van der Waals surface area (Å²) >= 11 is 0. The Labute approximate surface area is 173 Å². The molecule has 29 heavy (non-hydrogen) atoms. The number of carbonyl (C=O) groups excluding carboxylic acids is 1. The van der Waals surface area contributed by atoms with E-state index in [2.05, 4.69) is 17.0 Å². The molecule has 0 aliphatic heterocycles. The molecule has 1 unspecified atom stereocenters. The topological polar surface area (TPSA) is 84.5 Å². The Morgan fingerprint density at radius 1 is 1.00 bits per heavy atom. The largest absolute Gasteiger partial charge is 0.494 e. The fraction of sp³-hybridized carbons (Fsp3) is 0.409. The minimum Gasteiger partial charge on any atom is -0.494 e. The van der Waals surface area contributed by atoms with Crippen LogP contribution in [0.2, 0.25) is 0 Å². The summed E-state index contributed by atoms with van der Waals surface area (Å²) in [5.41, 5.74) is 0.885. The number of sulfonamides is 1. The second kappa shape index (κ2) is 11.6. The molecule has 0 fully saturated rings. The van der Waals surface area contributed by atoms with Gasteiger partial charge in [-0.3, -0.25) is 4.79 Å². The van der Waals surface area contributed by atoms with Gasteiger partial charge in [-0.2, -0.15) is 4.72 Å². The first-order valence-corrected chi connectivity index (χ1v) is 11.5. The van der Waals surface area contributed by atoms with Crippen molar-refractivity contribution in [3.05, 3.63) is 60.2 Å². The minimum atomic E-state index is -3.86. The van der Waals surface area contributed by atoms with Crippen molar-refractivity contribution < 1.29 is 17.9 Å². The highest BCUT2D eigenvalue weighted by Crippen LogP contribution is 2.17. The Bertz CT molecular complexity index is 852. The molecule has 0 heterocycles. The molecule has 0 aromatic heterocycles. The van der Waals surface area contributed by atoms with E-state index in [1.165, 1.54) is 12.1 Å². The molecule has 0 bridgehead atoms. The van der Waals surface area contributed by atoms with E-state index in [9.17, 15) is 13.2 Å². The van der Waals surface area contributed by atoms with E-state index in [4.69, 9.17) is 4.74 Å². The van der Waals surface area contributed by atoms with Gasteiger partial charge in [0.2, 0.25) is 15.9 Å². The van der Waals surface area contributed by atoms with Crippen LogP contribution in [-0.4, -0.2) is 33.5 Å². The lowest BCUT2D eigenvalue weighted by atomic mass is 10.1. The van der Waals surface area contributed by atoms with E-state index >= 15 is 0 Å². The number of carbonyl (C=O) groups is 1. The molecule has 1 amide bonds. The average Bonchev–Trinajstić information content (AvgIpc) is 2.72. The number of amides is 1. The molecule has 6 nitrogen and oxygen atoms in total. The summed E-state index contributed by atoms with van der Waals surface area (Å²) in [7, 11) is -3.86. The number of benzene rings is 2. The predicted octanol–water partition coefficient (Wildman–Crippen LogP) is 3.28. The number of ether oxygens (including phenoxy) is 1. The van der Waals surface area contributed by atoms with E-state index in [1.54, 1.807) is 12.1 Å². The molecule has 0 radical (unpaired) electrons. The van der Waals surface area contributed by atoms with E-state index in [0.29, 0.717) is 18.9 Å². The van der Waals surface area contributed by atoms with Crippen LogP contribution in [0, 0.1) is 0 Å². The van der Waals surface area contributed by atoms with Gasteiger partial charge in [0.1, 0.15) is 11.8 Å². The summed E-state index contributed by atoms with van der Waals surface area (Å²) in [5, 5.41) is 2.85. The van der Waals surface area contributed by atoms with Gasteiger partial charge in [-0.25, -0.2) is 8.42 Å². The second-order valence-corrected chi connectivity index (χ2v) is 8.48. The lowest BCUT2D eigenvalue weighted by Crippen LogP contribution is -2.48. The smallest absolute Gasteiger partial charge is 0.241 e. The van der Waals surface area contributed by atoms with Crippen molar-refractivity contribution >= 4 is 15.9 Å². The number of rotatable bonds is 12. The highest BCUT2D eigenvalue weighted by molar-refractivity contribution is 7.89. The molecule has 2 aromatic carbocycles. The van der Waals surface area contributed by atoms with Crippen LogP contribution in [0.1, 0.15) is 38.7 Å². The third-order valence-corrected chi connectivity index (χ3v) is 5.91. The van der Waals surface area contributed by atoms with Crippen LogP contribution in [0.4, 0.5) is 0 Å². The summed E-state index contributed by atoms with van der Waals surface area (Å²) in [6.07, 6.45) is 3.21. The van der Waals surface area contributed by atoms with Gasteiger partial charge in [0, 0.05) is 6.54 Å². The van der Waals surface area contributed by atoms with Crippen molar-refractivity contribution in [2.75, 3.05) is 13.2 Å². The standard InChI is InChI=1S/C22H30N2O4S/c1-3-5-9-16-23-22(25)21(17-18-10-7-6-8-11-18)24-29(26,27)20-14-12-19(13-15-20)28-4-2/h6-8,10-15,21,24H,3-5,9,16-17H2,1-2H3,(H,23,25). The minimum absolute atomic E-state index is 0.0952. The van der Waals surface area contributed by atoms with Crippen molar-refractivity contribution in [1.82, 2.24) is 10.0 Å². The van der Waals surface area contributed by atoms with Crippen LogP contribution in [-0.2, 0) is 21.2 Å². The summed E-state index contributed by atoms with van der Waals surface area (Å²) in [5.74, 6) is 0.278. The third kappa shape index (κ3) is 7.51. The first-order chi connectivity index (χ1) is 14.0. The van der Waals surface area contributed by atoms with Crippen molar-refractivity contribution in [2.24, 2.45) is 0 Å². The Hall–Kier alpha value is -2.38. The van der Waals surface area contributed by atoms with Gasteiger partial charge in [-0.15, -0.1) is 0 Å². The van der Waals surface area contributed by atoms with Gasteiger partial charge in [0.15, 0.2) is 0 Å². The lowest BCUT2D eigenvalue weighted by molar-refractivity contribution is -0.122. The third-order valence-electron chi connectivity index (χ3n) is 4.42. The van der Waals surface area contributed by atoms with E-state index in [0.717, 1.165) is 24.8 Å². The summed E-state index contributed by atoms with van der Waals surface area (Å²) < 4.78 is 33.6. The molecule has 2 aromatic rings. The summed E-state index contributed by atoms with van der Waals surface area (Å²) in [6.45, 7) is 4.98. The van der Waals surface area contributed by atoms with Crippen LogP contribution in [0.3, 0.4) is 0 Å². The second-order valence-electron chi connectivity index (χ2n) is 6.77. The zero-order valence-corrected chi connectivity index (χ0v) is 17.9. The van der Waals surface area contributed by atoms with Gasteiger partial charge in [-0.05, 0) is 49.6 Å². The van der Waals surface area contributed by atoms with Gasteiger partial charge in [-0.1, -0.05) is 50.1 Å². The van der Waals surface area contributed by atoms with E-state index < -0.39 is 16.1 Å². The van der Waals surface area contributed by atoms with E-state index in [-0.39, 0.29) is 17.2 Å². The molecule has 2 N–H and O–H groups in total. The van der Waals surface area contributed by atoms with Gasteiger partial charge < -0.3 is 10.1 Å². The molecule has 0 aliphatic carbocycles. The van der Waals surface area contributed by atoms with Crippen LogP contribution in [0.25, 0.3) is 0 Å². The predicted molar refractivity (Wildman–Crippen MR) is 114 cm³/mol. The molecule has 2 rings (SSSR count). The van der Waals surface area contributed by atoms with Crippen LogP contribution in [0.5, 0.6) is 5.75 Å². The molecular weight excluding hydrogens is 388 g/mol. The highest BCUT2D eigenvalue weighted by Gasteiger charge is 2.26. The van der Waals surface area contributed by atoms with Crippen molar-refractivity contribution in [3.63, 3.8) is 0 Å². The molecule has 158 valence electrons. The SMILES string of the molecule is CCCCCNC(=O)C(Cc1ccccc1)NS(=O)(=O)c1ccc(OCC)cc1. The molecular formula is C22H30N2O4S. The molecule has 0 saturated heterocycles. The van der Waals surface area contributed by atoms with Gasteiger partial charge in [0.25, 0.3) is 0 Å². The lowest BCUT2D eigenvalue weighted by Gasteiger charge is -2.19. The first kappa shape index (κ1) is 22.9. The van der Waals surface area contributed by atoms with Gasteiger partial charge in [0.05, 0.1) is 11.5 Å². The Morgan fingerprint density at radius 3 is 2.31 bits per heavy atom. The Kier molecular flexibility index (Phi) is 9.15. The van der Waals surface area contributed by atoms with Crippen LogP contribution < -0.4 is 14.8 Å². The number of hydrogen-bond donors (Lipinski definition) is 2. The summed E-state index contributed by atoms with van der Waals surface area (Å²) in [6, 6.07) is 14.6. The fourth-order valence-electron chi connectivity index (χ4n) is 2.88. The zero-order chi connectivity index (χ0) is 21.1. The van der Waals surface area contributed by atoms with Crippen LogP contribution >= 0.6 is 0 Å². The van der Waals surface area contributed by atoms with Crippen molar-refractivity contribution in [3.8, 4) is 5.75 Å². The Balaban J connectivity index is 2.14. The van der Waals surface area contributed by atoms with Gasteiger partial charge >= 0.3 is 0 Å². The normalized spacial score (nSPS) is 12.3. The zero-order valence-electron chi connectivity index (χ0n) is 17.1. The van der Waals surface area contributed by atoms with E-state index in [1.807, 2.05) is 37.3 Å². The average molecular weight is 419 g/mol. The van der Waals surface area contributed by atoms with Crippen molar-refractivity contribution in [2.45, 2.75) is 50.5 Å². The number of hydrogen-bond acceptors (Lipinski definition) is 4. The fourth-order valence-corrected chi connectivity index (χ4v) is 4.08. The molecule has 0 spiro atoms. The maximum Gasteiger partial charge on any atom is 0.241 e. The van der Waals surface area contributed by atoms with Crippen LogP contribution in [0.15, 0.2) is 59.5 Å². The quantitative estimate of drug-likeness (QED) is 0.518. The molecule has 7 heteroatoms. The molecule has 0 saturated carbocycles. The Morgan fingerprint density at radius 2 is 1.69 bits per heavy atom. The van der Waals surface area contributed by atoms with Crippen molar-refractivity contribution in [1.29, 1.82) is 0 Å². The highest BCUT2D eigenvalue weighted by atomic mass is 32.2. The monoisotopic (exact) mass is 418 g/mol. The summed E-state index contributed by atoms with van der Waals surface area (Å²) in [4.78, 5) is 12.8.